The Balaban J connectivity index is 2.20. The van der Waals surface area contributed by atoms with E-state index in [1.54, 1.807) is 0 Å². The molecule has 0 saturated carbocycles. The molecule has 1 heterocycles. The first kappa shape index (κ1) is 8.97. The van der Waals surface area contributed by atoms with Gasteiger partial charge in [0.1, 0.15) is 0 Å². The lowest BCUT2D eigenvalue weighted by Gasteiger charge is -2.18. The summed E-state index contributed by atoms with van der Waals surface area (Å²) in [6, 6.07) is 9.68. The molecule has 1 saturated heterocycles. The minimum Gasteiger partial charge on any atom is -0.273 e. The van der Waals surface area contributed by atoms with Crippen molar-refractivity contribution < 1.29 is 4.79 Å². The van der Waals surface area contributed by atoms with Gasteiger partial charge in [-0.15, -0.1) is 0 Å². The van der Waals surface area contributed by atoms with Crippen LogP contribution in [0.15, 0.2) is 36.9 Å². The number of benzene rings is 1. The van der Waals surface area contributed by atoms with Crippen LogP contribution in [0.5, 0.6) is 0 Å². The van der Waals surface area contributed by atoms with Gasteiger partial charge in [-0.3, -0.25) is 4.79 Å². The van der Waals surface area contributed by atoms with Gasteiger partial charge >= 0.3 is 0 Å². The van der Waals surface area contributed by atoms with E-state index in [2.05, 4.69) is 12.0 Å². The molecule has 0 spiro atoms. The summed E-state index contributed by atoms with van der Waals surface area (Å²) in [5, 5.41) is 1.52. The van der Waals surface area contributed by atoms with Crippen molar-refractivity contribution in [3.63, 3.8) is 0 Å². The minimum atomic E-state index is 0.0823. The standard InChI is InChI=1S/C11H12N2O/c1-9(10-5-3-2-4-6-10)13-11(14)7-8-12-13/h2-6,12H,1,7-8H2. The zero-order valence-corrected chi connectivity index (χ0v) is 7.86. The van der Waals surface area contributed by atoms with Crippen molar-refractivity contribution >= 4 is 11.6 Å². The van der Waals surface area contributed by atoms with Crippen LogP contribution in [0.2, 0.25) is 0 Å². The first-order chi connectivity index (χ1) is 6.79. The molecule has 0 aliphatic carbocycles. The molecule has 1 amide bonds. The molecule has 3 heteroatoms. The van der Waals surface area contributed by atoms with E-state index in [0.29, 0.717) is 18.7 Å². The summed E-state index contributed by atoms with van der Waals surface area (Å²) in [4.78, 5) is 11.4. The molecule has 0 bridgehead atoms. The SMILES string of the molecule is C=C(c1ccccc1)N1NCCC1=O. The summed E-state index contributed by atoms with van der Waals surface area (Å²) >= 11 is 0. The predicted molar refractivity (Wildman–Crippen MR) is 54.9 cm³/mol. The molecule has 0 atom stereocenters. The summed E-state index contributed by atoms with van der Waals surface area (Å²) in [7, 11) is 0. The van der Waals surface area contributed by atoms with Crippen LogP contribution in [0.3, 0.4) is 0 Å². The molecule has 1 fully saturated rings. The molecule has 1 aromatic carbocycles. The number of nitrogens with one attached hydrogen (secondary N) is 1. The molecule has 0 radical (unpaired) electrons. The lowest BCUT2D eigenvalue weighted by atomic mass is 10.2. The number of hydrazine groups is 1. The average molecular weight is 188 g/mol. The smallest absolute Gasteiger partial charge is 0.242 e. The third kappa shape index (κ3) is 1.54. The van der Waals surface area contributed by atoms with Crippen molar-refractivity contribution in [1.29, 1.82) is 0 Å². The number of rotatable bonds is 2. The van der Waals surface area contributed by atoms with Gasteiger partial charge in [0, 0.05) is 13.0 Å². The summed E-state index contributed by atoms with van der Waals surface area (Å²) in [6.45, 7) is 4.60. The lowest BCUT2D eigenvalue weighted by molar-refractivity contribution is -0.126. The number of hydrogen-bond acceptors (Lipinski definition) is 2. The third-order valence-electron chi connectivity index (χ3n) is 2.24. The minimum absolute atomic E-state index is 0.0823. The van der Waals surface area contributed by atoms with E-state index in [1.165, 1.54) is 5.01 Å². The quantitative estimate of drug-likeness (QED) is 0.760. The van der Waals surface area contributed by atoms with Crippen LogP contribution in [0.1, 0.15) is 12.0 Å². The Morgan fingerprint density at radius 2 is 2.07 bits per heavy atom. The van der Waals surface area contributed by atoms with Crippen LogP contribution in [0, 0.1) is 0 Å². The van der Waals surface area contributed by atoms with Crippen molar-refractivity contribution in [1.82, 2.24) is 10.4 Å². The number of carbonyl (C=O) groups excluding carboxylic acids is 1. The number of carbonyl (C=O) groups is 1. The van der Waals surface area contributed by atoms with Crippen LogP contribution < -0.4 is 5.43 Å². The van der Waals surface area contributed by atoms with E-state index in [9.17, 15) is 4.79 Å². The second-order valence-corrected chi connectivity index (χ2v) is 3.20. The summed E-state index contributed by atoms with van der Waals surface area (Å²) in [6.07, 6.45) is 0.547. The second-order valence-electron chi connectivity index (χ2n) is 3.20. The second kappa shape index (κ2) is 3.64. The van der Waals surface area contributed by atoms with Gasteiger partial charge in [0.25, 0.3) is 0 Å². The molecule has 0 aromatic heterocycles. The van der Waals surface area contributed by atoms with E-state index >= 15 is 0 Å². The Kier molecular flexibility index (Phi) is 2.33. The summed E-state index contributed by atoms with van der Waals surface area (Å²) < 4.78 is 0. The maximum Gasteiger partial charge on any atom is 0.242 e. The monoisotopic (exact) mass is 188 g/mol. The lowest BCUT2D eigenvalue weighted by Crippen LogP contribution is -2.32. The van der Waals surface area contributed by atoms with E-state index in [0.717, 1.165) is 5.56 Å². The molecule has 1 aromatic rings. The molecule has 3 nitrogen and oxygen atoms in total. The van der Waals surface area contributed by atoms with Gasteiger partial charge in [0.15, 0.2) is 0 Å². The number of hydrogen-bond donors (Lipinski definition) is 1. The van der Waals surface area contributed by atoms with Gasteiger partial charge in [-0.25, -0.2) is 10.4 Å². The zero-order chi connectivity index (χ0) is 9.97. The van der Waals surface area contributed by atoms with Crippen molar-refractivity contribution in [2.75, 3.05) is 6.54 Å². The van der Waals surface area contributed by atoms with Gasteiger partial charge in [0.2, 0.25) is 5.91 Å². The fourth-order valence-corrected chi connectivity index (χ4v) is 1.48. The van der Waals surface area contributed by atoms with E-state index in [1.807, 2.05) is 30.3 Å². The van der Waals surface area contributed by atoms with Gasteiger partial charge < -0.3 is 0 Å². The molecule has 1 aliphatic heterocycles. The van der Waals surface area contributed by atoms with E-state index < -0.39 is 0 Å². The topological polar surface area (TPSA) is 32.3 Å². The van der Waals surface area contributed by atoms with E-state index in [4.69, 9.17) is 0 Å². The van der Waals surface area contributed by atoms with Crippen molar-refractivity contribution in [2.24, 2.45) is 0 Å². The average Bonchev–Trinajstić information content (AvgIpc) is 2.65. The molecular formula is C11H12N2O. The first-order valence-electron chi connectivity index (χ1n) is 4.60. The Hall–Kier alpha value is -1.61. The molecule has 14 heavy (non-hydrogen) atoms. The molecule has 1 N–H and O–H groups in total. The van der Waals surface area contributed by atoms with Gasteiger partial charge in [-0.1, -0.05) is 36.9 Å². The molecule has 72 valence electrons. The number of amides is 1. The number of nitrogens with zero attached hydrogens (tertiary/aromatic N) is 1. The largest absolute Gasteiger partial charge is 0.273 e. The maximum absolute atomic E-state index is 11.4. The van der Waals surface area contributed by atoms with Gasteiger partial charge in [0.05, 0.1) is 5.70 Å². The molecule has 2 rings (SSSR count). The summed E-state index contributed by atoms with van der Waals surface area (Å²) in [5.41, 5.74) is 4.67. The highest BCUT2D eigenvalue weighted by atomic mass is 16.2. The normalized spacial score (nSPS) is 16.0. The van der Waals surface area contributed by atoms with Crippen molar-refractivity contribution in [3.05, 3.63) is 42.5 Å². The van der Waals surface area contributed by atoms with Crippen LogP contribution >= 0.6 is 0 Å². The Morgan fingerprint density at radius 1 is 1.36 bits per heavy atom. The van der Waals surface area contributed by atoms with Crippen LogP contribution in [0.4, 0.5) is 0 Å². The fraction of sp³-hybridized carbons (Fsp3) is 0.182. The van der Waals surface area contributed by atoms with Crippen molar-refractivity contribution in [3.8, 4) is 0 Å². The highest BCUT2D eigenvalue weighted by molar-refractivity contribution is 5.87. The Labute approximate surface area is 83.0 Å². The predicted octanol–water partition coefficient (Wildman–Crippen LogP) is 1.39. The Morgan fingerprint density at radius 3 is 2.64 bits per heavy atom. The van der Waals surface area contributed by atoms with Crippen LogP contribution in [-0.2, 0) is 4.79 Å². The van der Waals surface area contributed by atoms with Gasteiger partial charge in [-0.05, 0) is 5.56 Å². The molecular weight excluding hydrogens is 176 g/mol. The fourth-order valence-electron chi connectivity index (χ4n) is 1.48. The highest BCUT2D eigenvalue weighted by Gasteiger charge is 2.22. The van der Waals surface area contributed by atoms with Crippen LogP contribution in [-0.4, -0.2) is 17.5 Å². The Bertz CT molecular complexity index is 359. The van der Waals surface area contributed by atoms with E-state index in [-0.39, 0.29) is 5.91 Å². The highest BCUT2D eigenvalue weighted by Crippen LogP contribution is 2.17. The van der Waals surface area contributed by atoms with Gasteiger partial charge in [-0.2, -0.15) is 0 Å². The summed E-state index contributed by atoms with van der Waals surface area (Å²) in [5.74, 6) is 0.0823. The van der Waals surface area contributed by atoms with Crippen molar-refractivity contribution in [2.45, 2.75) is 6.42 Å². The molecule has 0 unspecified atom stereocenters. The third-order valence-corrected chi connectivity index (χ3v) is 2.24. The zero-order valence-electron chi connectivity index (χ0n) is 7.86. The van der Waals surface area contributed by atoms with Crippen LogP contribution in [0.25, 0.3) is 5.70 Å². The maximum atomic E-state index is 11.4. The first-order valence-corrected chi connectivity index (χ1v) is 4.60. The molecule has 1 aliphatic rings.